The first-order valence-electron chi connectivity index (χ1n) is 6.71. The van der Waals surface area contributed by atoms with Crippen molar-refractivity contribution in [3.63, 3.8) is 0 Å². The van der Waals surface area contributed by atoms with Crippen LogP contribution < -0.4 is 10.1 Å². The molecule has 0 saturated heterocycles. The average molecular weight is 257 g/mol. The van der Waals surface area contributed by atoms with Crippen molar-refractivity contribution in [3.8, 4) is 17.0 Å². The number of fused-ring (bicyclic) bond motifs is 1. The molecule has 0 amide bonds. The third-order valence-electron chi connectivity index (χ3n) is 3.49. The van der Waals surface area contributed by atoms with Gasteiger partial charge in [-0.25, -0.2) is 0 Å². The number of hydrogen-bond donors (Lipinski definition) is 1. The van der Waals surface area contributed by atoms with E-state index in [1.807, 2.05) is 18.8 Å². The second-order valence-corrected chi connectivity index (χ2v) is 4.95. The lowest BCUT2D eigenvalue weighted by Crippen LogP contribution is -2.08. The van der Waals surface area contributed by atoms with Crippen molar-refractivity contribution < 1.29 is 4.74 Å². The highest BCUT2D eigenvalue weighted by atomic mass is 16.5. The molecule has 4 heteroatoms. The van der Waals surface area contributed by atoms with Crippen molar-refractivity contribution in [2.75, 3.05) is 13.7 Å². The molecular formula is C15H19N3O. The van der Waals surface area contributed by atoms with Crippen LogP contribution in [0.2, 0.25) is 0 Å². The summed E-state index contributed by atoms with van der Waals surface area (Å²) in [5.74, 6) is 1.03. The van der Waals surface area contributed by atoms with Crippen molar-refractivity contribution in [1.29, 1.82) is 0 Å². The summed E-state index contributed by atoms with van der Waals surface area (Å²) >= 11 is 0. The lowest BCUT2D eigenvalue weighted by Gasteiger charge is -2.17. The Labute approximate surface area is 113 Å². The number of benzene rings is 1. The molecule has 0 radical (unpaired) electrons. The van der Waals surface area contributed by atoms with Gasteiger partial charge in [-0.3, -0.25) is 4.68 Å². The Bertz CT molecular complexity index is 589. The highest BCUT2D eigenvalue weighted by molar-refractivity contribution is 5.63. The van der Waals surface area contributed by atoms with Gasteiger partial charge in [-0.2, -0.15) is 5.10 Å². The maximum Gasteiger partial charge on any atom is 0.122 e. The van der Waals surface area contributed by atoms with E-state index in [9.17, 15) is 0 Å². The molecular weight excluding hydrogens is 238 g/mol. The number of rotatable bonds is 3. The summed E-state index contributed by atoms with van der Waals surface area (Å²) in [4.78, 5) is 0. The van der Waals surface area contributed by atoms with E-state index in [0.29, 0.717) is 0 Å². The minimum atomic E-state index is 0.794. The molecule has 1 aromatic heterocycles. The van der Waals surface area contributed by atoms with Crippen LogP contribution in [0.1, 0.15) is 17.7 Å². The van der Waals surface area contributed by atoms with E-state index in [-0.39, 0.29) is 0 Å². The Morgan fingerprint density at radius 3 is 3.11 bits per heavy atom. The molecule has 2 heterocycles. The molecule has 1 aliphatic rings. The monoisotopic (exact) mass is 257 g/mol. The van der Waals surface area contributed by atoms with Crippen LogP contribution >= 0.6 is 0 Å². The van der Waals surface area contributed by atoms with Gasteiger partial charge in [0.25, 0.3) is 0 Å². The Balaban J connectivity index is 1.97. The molecule has 1 aromatic carbocycles. The standard InChI is InChI=1S/C15H19N3O/c1-16-10-13-9-14(18(2)17-13)11-5-6-15-12(8-11)4-3-7-19-15/h5-6,8-9,16H,3-4,7,10H2,1-2H3. The molecule has 0 aliphatic carbocycles. The maximum atomic E-state index is 5.66. The summed E-state index contributed by atoms with van der Waals surface area (Å²) in [5.41, 5.74) is 4.73. The van der Waals surface area contributed by atoms with E-state index in [4.69, 9.17) is 4.74 Å². The molecule has 3 rings (SSSR count). The van der Waals surface area contributed by atoms with E-state index < -0.39 is 0 Å². The molecule has 1 aliphatic heterocycles. The summed E-state index contributed by atoms with van der Waals surface area (Å²) in [7, 11) is 3.93. The van der Waals surface area contributed by atoms with Gasteiger partial charge in [0.05, 0.1) is 18.0 Å². The van der Waals surface area contributed by atoms with Crippen LogP contribution in [0.5, 0.6) is 5.75 Å². The van der Waals surface area contributed by atoms with E-state index in [1.54, 1.807) is 0 Å². The molecule has 0 bridgehead atoms. The number of aromatic nitrogens is 2. The van der Waals surface area contributed by atoms with Crippen molar-refractivity contribution in [1.82, 2.24) is 15.1 Å². The van der Waals surface area contributed by atoms with E-state index in [2.05, 4.69) is 34.7 Å². The first-order chi connectivity index (χ1) is 9.28. The van der Waals surface area contributed by atoms with Crippen molar-refractivity contribution in [2.24, 2.45) is 7.05 Å². The van der Waals surface area contributed by atoms with Gasteiger partial charge >= 0.3 is 0 Å². The van der Waals surface area contributed by atoms with Gasteiger partial charge in [0.15, 0.2) is 0 Å². The SMILES string of the molecule is CNCc1cc(-c2ccc3c(c2)CCCO3)n(C)n1. The third-order valence-corrected chi connectivity index (χ3v) is 3.49. The van der Waals surface area contributed by atoms with Gasteiger partial charge in [-0.1, -0.05) is 0 Å². The summed E-state index contributed by atoms with van der Waals surface area (Å²) < 4.78 is 7.60. The predicted molar refractivity (Wildman–Crippen MR) is 75.2 cm³/mol. The fourth-order valence-corrected chi connectivity index (χ4v) is 2.58. The lowest BCUT2D eigenvalue weighted by molar-refractivity contribution is 0.288. The fourth-order valence-electron chi connectivity index (χ4n) is 2.58. The van der Waals surface area contributed by atoms with Crippen LogP contribution in [-0.2, 0) is 20.0 Å². The highest BCUT2D eigenvalue weighted by Gasteiger charge is 2.13. The number of nitrogens with zero attached hydrogens (tertiary/aromatic N) is 2. The number of nitrogens with one attached hydrogen (secondary N) is 1. The Hall–Kier alpha value is -1.81. The van der Waals surface area contributed by atoms with Crippen LogP contribution in [0.15, 0.2) is 24.3 Å². The Kier molecular flexibility index (Phi) is 3.25. The minimum absolute atomic E-state index is 0.794. The summed E-state index contributed by atoms with van der Waals surface area (Å²) in [6.45, 7) is 1.63. The molecule has 100 valence electrons. The normalized spacial score (nSPS) is 14.0. The zero-order chi connectivity index (χ0) is 13.2. The van der Waals surface area contributed by atoms with Gasteiger partial charge in [-0.05, 0) is 49.7 Å². The second kappa shape index (κ2) is 5.05. The van der Waals surface area contributed by atoms with Crippen LogP contribution in [0, 0.1) is 0 Å². The molecule has 1 N–H and O–H groups in total. The second-order valence-electron chi connectivity index (χ2n) is 4.95. The van der Waals surface area contributed by atoms with Gasteiger partial charge in [0, 0.05) is 19.2 Å². The molecule has 0 saturated carbocycles. The summed E-state index contributed by atoms with van der Waals surface area (Å²) in [6.07, 6.45) is 2.21. The zero-order valence-corrected chi connectivity index (χ0v) is 11.4. The highest BCUT2D eigenvalue weighted by Crippen LogP contribution is 2.30. The third kappa shape index (κ3) is 2.36. The fraction of sp³-hybridized carbons (Fsp3) is 0.400. The quantitative estimate of drug-likeness (QED) is 0.915. The van der Waals surface area contributed by atoms with Crippen LogP contribution in [-0.4, -0.2) is 23.4 Å². The Morgan fingerprint density at radius 2 is 2.26 bits per heavy atom. The molecule has 0 spiro atoms. The molecule has 4 nitrogen and oxygen atoms in total. The van der Waals surface area contributed by atoms with Crippen LogP contribution in [0.25, 0.3) is 11.3 Å². The molecule has 2 aromatic rings. The summed E-state index contributed by atoms with van der Waals surface area (Å²) in [5, 5.41) is 7.64. The van der Waals surface area contributed by atoms with Crippen molar-refractivity contribution >= 4 is 0 Å². The minimum Gasteiger partial charge on any atom is -0.493 e. The van der Waals surface area contributed by atoms with Gasteiger partial charge in [0.2, 0.25) is 0 Å². The number of aryl methyl sites for hydroxylation is 2. The van der Waals surface area contributed by atoms with Gasteiger partial charge in [0.1, 0.15) is 5.75 Å². The number of hydrogen-bond acceptors (Lipinski definition) is 3. The number of ether oxygens (including phenoxy) is 1. The molecule has 0 unspecified atom stereocenters. The van der Waals surface area contributed by atoms with Crippen LogP contribution in [0.4, 0.5) is 0 Å². The van der Waals surface area contributed by atoms with Crippen molar-refractivity contribution in [2.45, 2.75) is 19.4 Å². The molecule has 19 heavy (non-hydrogen) atoms. The van der Waals surface area contributed by atoms with Gasteiger partial charge in [-0.15, -0.1) is 0 Å². The zero-order valence-electron chi connectivity index (χ0n) is 11.4. The largest absolute Gasteiger partial charge is 0.493 e. The van der Waals surface area contributed by atoms with E-state index >= 15 is 0 Å². The first-order valence-corrected chi connectivity index (χ1v) is 6.71. The Morgan fingerprint density at radius 1 is 1.37 bits per heavy atom. The van der Waals surface area contributed by atoms with Crippen molar-refractivity contribution in [3.05, 3.63) is 35.5 Å². The molecule has 0 atom stereocenters. The van der Waals surface area contributed by atoms with Gasteiger partial charge < -0.3 is 10.1 Å². The van der Waals surface area contributed by atoms with E-state index in [1.165, 1.54) is 11.1 Å². The lowest BCUT2D eigenvalue weighted by atomic mass is 10.0. The topological polar surface area (TPSA) is 39.1 Å². The smallest absolute Gasteiger partial charge is 0.122 e. The van der Waals surface area contributed by atoms with Crippen LogP contribution in [0.3, 0.4) is 0 Å². The predicted octanol–water partition coefficient (Wildman–Crippen LogP) is 2.13. The molecule has 0 fully saturated rings. The average Bonchev–Trinajstić information content (AvgIpc) is 2.79. The first kappa shape index (κ1) is 12.2. The maximum absolute atomic E-state index is 5.66. The summed E-state index contributed by atoms with van der Waals surface area (Å²) in [6, 6.07) is 8.56. The van der Waals surface area contributed by atoms with E-state index in [0.717, 1.165) is 43.1 Å².